The van der Waals surface area contributed by atoms with Crippen molar-refractivity contribution in [2.75, 3.05) is 44.2 Å². The largest absolute Gasteiger partial charge is 0.367 e. The van der Waals surface area contributed by atoms with Crippen LogP contribution in [0.3, 0.4) is 0 Å². The molecule has 1 saturated heterocycles. The van der Waals surface area contributed by atoms with E-state index in [4.69, 9.17) is 0 Å². The fourth-order valence-corrected chi connectivity index (χ4v) is 4.13. The molecule has 3 rings (SSSR count). The predicted molar refractivity (Wildman–Crippen MR) is 85.0 cm³/mol. The minimum Gasteiger partial charge on any atom is -0.367 e. The van der Waals surface area contributed by atoms with Crippen LogP contribution in [-0.4, -0.2) is 57.8 Å². The van der Waals surface area contributed by atoms with Crippen LogP contribution in [0.5, 0.6) is 0 Å². The molecular weight excluding hydrogens is 305 g/mol. The van der Waals surface area contributed by atoms with Crippen molar-refractivity contribution in [1.82, 2.24) is 9.62 Å². The van der Waals surface area contributed by atoms with Crippen LogP contribution in [0.15, 0.2) is 24.3 Å². The molecule has 7 heteroatoms. The average Bonchev–Trinajstić information content (AvgIpc) is 3.34. The first kappa shape index (κ1) is 15.7. The number of benzene rings is 1. The summed E-state index contributed by atoms with van der Waals surface area (Å²) in [4.78, 5) is 4.26. The zero-order valence-corrected chi connectivity index (χ0v) is 13.4. The van der Waals surface area contributed by atoms with E-state index in [1.807, 2.05) is 11.0 Å². The number of nitrogens with zero attached hydrogens (tertiary/aromatic N) is 2. The van der Waals surface area contributed by atoms with Crippen molar-refractivity contribution in [3.05, 3.63) is 30.1 Å². The van der Waals surface area contributed by atoms with Gasteiger partial charge in [0.2, 0.25) is 10.0 Å². The zero-order chi connectivity index (χ0) is 15.6. The summed E-state index contributed by atoms with van der Waals surface area (Å²) in [5, 5.41) is -0.162. The normalized spacial score (nSPS) is 20.3. The standard InChI is InChI=1S/C15H22FN3O2S/c16-14-3-1-2-4-15(14)19-11-9-18(10-12-19)8-7-17-22(20,21)13-5-6-13/h1-4,13,17H,5-12H2. The number of anilines is 1. The molecule has 5 nitrogen and oxygen atoms in total. The first-order chi connectivity index (χ1) is 10.6. The molecule has 1 aromatic carbocycles. The SMILES string of the molecule is O=S(=O)(NCCN1CCN(c2ccccc2F)CC1)C1CC1. The molecular formula is C15H22FN3O2S. The molecule has 1 saturated carbocycles. The third-order valence-electron chi connectivity index (χ3n) is 4.26. The van der Waals surface area contributed by atoms with Gasteiger partial charge >= 0.3 is 0 Å². The van der Waals surface area contributed by atoms with Gasteiger partial charge in [-0.25, -0.2) is 17.5 Å². The summed E-state index contributed by atoms with van der Waals surface area (Å²) in [5.41, 5.74) is 0.650. The van der Waals surface area contributed by atoms with Gasteiger partial charge in [-0.2, -0.15) is 0 Å². The Kier molecular flexibility index (Phi) is 4.65. The maximum Gasteiger partial charge on any atom is 0.214 e. The van der Waals surface area contributed by atoms with E-state index in [0.717, 1.165) is 39.0 Å². The fourth-order valence-electron chi connectivity index (χ4n) is 2.76. The Morgan fingerprint density at radius 1 is 1.14 bits per heavy atom. The molecule has 1 N–H and O–H groups in total. The van der Waals surface area contributed by atoms with Crippen LogP contribution in [-0.2, 0) is 10.0 Å². The number of halogens is 1. The molecule has 0 amide bonds. The Balaban J connectivity index is 1.43. The van der Waals surface area contributed by atoms with Crippen LogP contribution in [0, 0.1) is 5.82 Å². The lowest BCUT2D eigenvalue weighted by Gasteiger charge is -2.36. The number of rotatable bonds is 6. The quantitative estimate of drug-likeness (QED) is 0.848. The Morgan fingerprint density at radius 2 is 1.82 bits per heavy atom. The first-order valence-electron chi connectivity index (χ1n) is 7.76. The summed E-state index contributed by atoms with van der Waals surface area (Å²) in [6, 6.07) is 6.82. The van der Waals surface area contributed by atoms with Crippen molar-refractivity contribution in [1.29, 1.82) is 0 Å². The minimum absolute atomic E-state index is 0.162. The molecule has 0 spiro atoms. The van der Waals surface area contributed by atoms with Crippen molar-refractivity contribution in [2.24, 2.45) is 0 Å². The average molecular weight is 327 g/mol. The second kappa shape index (κ2) is 6.52. The van der Waals surface area contributed by atoms with Gasteiger partial charge in [0.15, 0.2) is 0 Å². The summed E-state index contributed by atoms with van der Waals surface area (Å²) in [6.07, 6.45) is 1.58. The highest BCUT2D eigenvalue weighted by Crippen LogP contribution is 2.27. The monoisotopic (exact) mass is 327 g/mol. The van der Waals surface area contributed by atoms with Gasteiger partial charge in [-0.3, -0.25) is 4.90 Å². The van der Waals surface area contributed by atoms with Crippen molar-refractivity contribution < 1.29 is 12.8 Å². The number of hydrogen-bond donors (Lipinski definition) is 1. The fraction of sp³-hybridized carbons (Fsp3) is 0.600. The van der Waals surface area contributed by atoms with E-state index < -0.39 is 10.0 Å². The van der Waals surface area contributed by atoms with E-state index in [1.54, 1.807) is 12.1 Å². The highest BCUT2D eigenvalue weighted by Gasteiger charge is 2.35. The van der Waals surface area contributed by atoms with Gasteiger partial charge < -0.3 is 4.90 Å². The third kappa shape index (κ3) is 3.77. The van der Waals surface area contributed by atoms with Crippen molar-refractivity contribution in [3.8, 4) is 0 Å². The third-order valence-corrected chi connectivity index (χ3v) is 6.22. The van der Waals surface area contributed by atoms with Crippen LogP contribution in [0.25, 0.3) is 0 Å². The van der Waals surface area contributed by atoms with Gasteiger partial charge in [-0.15, -0.1) is 0 Å². The second-order valence-electron chi connectivity index (χ2n) is 5.92. The molecule has 122 valence electrons. The molecule has 1 aliphatic carbocycles. The minimum atomic E-state index is -3.08. The number of para-hydroxylation sites is 1. The summed E-state index contributed by atoms with van der Waals surface area (Å²) < 4.78 is 39.9. The lowest BCUT2D eigenvalue weighted by atomic mass is 10.2. The predicted octanol–water partition coefficient (Wildman–Crippen LogP) is 1.03. The number of sulfonamides is 1. The highest BCUT2D eigenvalue weighted by molar-refractivity contribution is 7.90. The van der Waals surface area contributed by atoms with Gasteiger partial charge in [0, 0.05) is 39.3 Å². The van der Waals surface area contributed by atoms with E-state index in [-0.39, 0.29) is 11.1 Å². The van der Waals surface area contributed by atoms with Crippen LogP contribution in [0.2, 0.25) is 0 Å². The topological polar surface area (TPSA) is 52.7 Å². The smallest absolute Gasteiger partial charge is 0.214 e. The molecule has 0 bridgehead atoms. The Morgan fingerprint density at radius 3 is 2.45 bits per heavy atom. The van der Waals surface area contributed by atoms with Crippen molar-refractivity contribution in [2.45, 2.75) is 18.1 Å². The molecule has 0 unspecified atom stereocenters. The lowest BCUT2D eigenvalue weighted by Crippen LogP contribution is -2.48. The number of nitrogens with one attached hydrogen (secondary N) is 1. The van der Waals surface area contributed by atoms with Crippen LogP contribution < -0.4 is 9.62 Å². The number of piperazine rings is 1. The van der Waals surface area contributed by atoms with Crippen LogP contribution >= 0.6 is 0 Å². The molecule has 22 heavy (non-hydrogen) atoms. The first-order valence-corrected chi connectivity index (χ1v) is 9.31. The summed E-state index contributed by atoms with van der Waals surface area (Å²) in [5.74, 6) is -0.187. The maximum atomic E-state index is 13.8. The molecule has 1 aliphatic heterocycles. The van der Waals surface area contributed by atoms with Gasteiger partial charge in [-0.1, -0.05) is 12.1 Å². The van der Waals surface area contributed by atoms with E-state index in [9.17, 15) is 12.8 Å². The summed E-state index contributed by atoms with van der Waals surface area (Å²) in [6.45, 7) is 4.32. The highest BCUT2D eigenvalue weighted by atomic mass is 32.2. The van der Waals surface area contributed by atoms with Crippen LogP contribution in [0.1, 0.15) is 12.8 Å². The second-order valence-corrected chi connectivity index (χ2v) is 7.96. The Hall–Kier alpha value is -1.18. The van der Waals surface area contributed by atoms with Gasteiger partial charge in [0.25, 0.3) is 0 Å². The van der Waals surface area contributed by atoms with Gasteiger partial charge in [0.1, 0.15) is 5.82 Å². The van der Waals surface area contributed by atoms with E-state index in [1.165, 1.54) is 6.07 Å². The van der Waals surface area contributed by atoms with Crippen LogP contribution in [0.4, 0.5) is 10.1 Å². The van der Waals surface area contributed by atoms with Gasteiger partial charge in [0.05, 0.1) is 10.9 Å². The maximum absolute atomic E-state index is 13.8. The molecule has 1 aromatic rings. The molecule has 2 fully saturated rings. The lowest BCUT2D eigenvalue weighted by molar-refractivity contribution is 0.261. The molecule has 0 radical (unpaired) electrons. The number of hydrogen-bond acceptors (Lipinski definition) is 4. The summed E-state index contributed by atoms with van der Waals surface area (Å²) >= 11 is 0. The molecule has 0 aromatic heterocycles. The zero-order valence-electron chi connectivity index (χ0n) is 12.5. The van der Waals surface area contributed by atoms with E-state index in [2.05, 4.69) is 9.62 Å². The van der Waals surface area contributed by atoms with Crippen molar-refractivity contribution in [3.63, 3.8) is 0 Å². The van der Waals surface area contributed by atoms with E-state index in [0.29, 0.717) is 18.8 Å². The Bertz CT molecular complexity index is 611. The molecule has 1 heterocycles. The summed E-state index contributed by atoms with van der Waals surface area (Å²) in [7, 11) is -3.08. The van der Waals surface area contributed by atoms with E-state index >= 15 is 0 Å². The Labute approximate surface area is 131 Å². The molecule has 2 aliphatic rings. The van der Waals surface area contributed by atoms with Gasteiger partial charge in [-0.05, 0) is 25.0 Å². The van der Waals surface area contributed by atoms with Crippen molar-refractivity contribution >= 4 is 15.7 Å². The molecule has 0 atom stereocenters.